The van der Waals surface area contributed by atoms with E-state index in [4.69, 9.17) is 5.73 Å². The lowest BCUT2D eigenvalue weighted by molar-refractivity contribution is 0.0650. The molecule has 2 aromatic rings. The van der Waals surface area contributed by atoms with Crippen LogP contribution < -0.4 is 5.73 Å². The normalized spacial score (nSPS) is 15.8. The van der Waals surface area contributed by atoms with Crippen molar-refractivity contribution in [3.8, 4) is 0 Å². The summed E-state index contributed by atoms with van der Waals surface area (Å²) in [4.78, 5) is 16.8. The van der Waals surface area contributed by atoms with Gasteiger partial charge in [0.2, 0.25) is 0 Å². The summed E-state index contributed by atoms with van der Waals surface area (Å²) < 4.78 is 0. The van der Waals surface area contributed by atoms with Gasteiger partial charge in [-0.1, -0.05) is 48.6 Å². The summed E-state index contributed by atoms with van der Waals surface area (Å²) in [5, 5.41) is 0. The largest absolute Gasteiger partial charge is 0.399 e. The van der Waals surface area contributed by atoms with Gasteiger partial charge < -0.3 is 10.6 Å². The highest BCUT2D eigenvalue weighted by Crippen LogP contribution is 2.12. The van der Waals surface area contributed by atoms with Crippen molar-refractivity contribution in [2.45, 2.75) is 0 Å². The van der Waals surface area contributed by atoms with Crippen molar-refractivity contribution in [3.05, 3.63) is 71.8 Å². The number of rotatable bonds is 4. The standard InChI is InChI=1S/C20H23N3O/c21-19-10-4-9-18(16-19)20(24)23-14-12-22(13-15-23)11-5-8-17-6-2-1-3-7-17/h1-10,16H,11-15,21H2/b8-5+. The Labute approximate surface area is 143 Å². The highest BCUT2D eigenvalue weighted by Gasteiger charge is 2.21. The van der Waals surface area contributed by atoms with Crippen LogP contribution in [0.4, 0.5) is 5.69 Å². The van der Waals surface area contributed by atoms with Crippen molar-refractivity contribution in [2.24, 2.45) is 0 Å². The average Bonchev–Trinajstić information content (AvgIpc) is 2.63. The molecular formula is C20H23N3O. The summed E-state index contributed by atoms with van der Waals surface area (Å²) >= 11 is 0. The second-order valence-electron chi connectivity index (χ2n) is 6.03. The molecule has 1 fully saturated rings. The van der Waals surface area contributed by atoms with E-state index in [0.29, 0.717) is 11.3 Å². The third kappa shape index (κ3) is 4.24. The smallest absolute Gasteiger partial charge is 0.254 e. The molecule has 1 aliphatic rings. The van der Waals surface area contributed by atoms with Gasteiger partial charge in [0.15, 0.2) is 0 Å². The topological polar surface area (TPSA) is 49.6 Å². The Kier molecular flexibility index (Phi) is 5.29. The number of hydrogen-bond donors (Lipinski definition) is 1. The summed E-state index contributed by atoms with van der Waals surface area (Å²) in [6.45, 7) is 4.22. The molecule has 0 aromatic heterocycles. The van der Waals surface area contributed by atoms with Crippen molar-refractivity contribution in [1.82, 2.24) is 9.80 Å². The Morgan fingerprint density at radius 1 is 1.00 bits per heavy atom. The van der Waals surface area contributed by atoms with E-state index in [0.717, 1.165) is 32.7 Å². The van der Waals surface area contributed by atoms with Gasteiger partial charge in [-0.2, -0.15) is 0 Å². The monoisotopic (exact) mass is 321 g/mol. The second-order valence-corrected chi connectivity index (χ2v) is 6.03. The lowest BCUT2D eigenvalue weighted by Crippen LogP contribution is -2.48. The predicted molar refractivity (Wildman–Crippen MR) is 98.7 cm³/mol. The molecule has 124 valence electrons. The number of hydrogen-bond acceptors (Lipinski definition) is 3. The number of carbonyl (C=O) groups is 1. The van der Waals surface area contributed by atoms with Crippen LogP contribution in [-0.4, -0.2) is 48.4 Å². The van der Waals surface area contributed by atoms with Crippen LogP contribution in [0.25, 0.3) is 6.08 Å². The molecule has 1 heterocycles. The highest BCUT2D eigenvalue weighted by molar-refractivity contribution is 5.95. The predicted octanol–water partition coefficient (Wildman–Crippen LogP) is 2.74. The molecule has 1 amide bonds. The van der Waals surface area contributed by atoms with E-state index in [1.165, 1.54) is 5.56 Å². The summed E-state index contributed by atoms with van der Waals surface area (Å²) in [5.41, 5.74) is 8.28. The van der Waals surface area contributed by atoms with Crippen LogP contribution in [0.1, 0.15) is 15.9 Å². The molecule has 3 rings (SSSR count). The first-order valence-corrected chi connectivity index (χ1v) is 8.31. The number of nitrogens with two attached hydrogens (primary N) is 1. The molecule has 4 nitrogen and oxygen atoms in total. The molecule has 2 aromatic carbocycles. The van der Waals surface area contributed by atoms with Gasteiger partial charge in [0.25, 0.3) is 5.91 Å². The maximum atomic E-state index is 12.5. The van der Waals surface area contributed by atoms with E-state index in [-0.39, 0.29) is 5.91 Å². The fourth-order valence-electron chi connectivity index (χ4n) is 2.89. The van der Waals surface area contributed by atoms with Crippen molar-refractivity contribution in [1.29, 1.82) is 0 Å². The maximum absolute atomic E-state index is 12.5. The molecule has 0 spiro atoms. The van der Waals surface area contributed by atoms with E-state index in [9.17, 15) is 4.79 Å². The molecule has 4 heteroatoms. The molecular weight excluding hydrogens is 298 g/mol. The third-order valence-corrected chi connectivity index (χ3v) is 4.27. The fraction of sp³-hybridized carbons (Fsp3) is 0.250. The molecule has 24 heavy (non-hydrogen) atoms. The lowest BCUT2D eigenvalue weighted by Gasteiger charge is -2.34. The Bertz CT molecular complexity index is 704. The summed E-state index contributed by atoms with van der Waals surface area (Å²) in [7, 11) is 0. The summed E-state index contributed by atoms with van der Waals surface area (Å²) in [6, 6.07) is 17.5. The highest BCUT2D eigenvalue weighted by atomic mass is 16.2. The van der Waals surface area contributed by atoms with Gasteiger partial charge in [-0.3, -0.25) is 9.69 Å². The number of nitrogen functional groups attached to an aromatic ring is 1. The van der Waals surface area contributed by atoms with Crippen LogP contribution in [-0.2, 0) is 0 Å². The van der Waals surface area contributed by atoms with Gasteiger partial charge >= 0.3 is 0 Å². The number of carbonyl (C=O) groups excluding carboxylic acids is 1. The zero-order chi connectivity index (χ0) is 16.8. The molecule has 0 radical (unpaired) electrons. The van der Waals surface area contributed by atoms with Crippen LogP contribution in [0, 0.1) is 0 Å². The van der Waals surface area contributed by atoms with Crippen molar-refractivity contribution < 1.29 is 4.79 Å². The zero-order valence-electron chi connectivity index (χ0n) is 13.8. The van der Waals surface area contributed by atoms with Crippen LogP contribution >= 0.6 is 0 Å². The minimum absolute atomic E-state index is 0.0711. The molecule has 1 saturated heterocycles. The van der Waals surface area contributed by atoms with E-state index in [2.05, 4.69) is 29.2 Å². The van der Waals surface area contributed by atoms with Crippen molar-refractivity contribution in [3.63, 3.8) is 0 Å². The molecule has 2 N–H and O–H groups in total. The molecule has 0 saturated carbocycles. The number of benzene rings is 2. The Morgan fingerprint density at radius 3 is 2.46 bits per heavy atom. The third-order valence-electron chi connectivity index (χ3n) is 4.27. The van der Waals surface area contributed by atoms with Crippen LogP contribution in [0.3, 0.4) is 0 Å². The number of nitrogens with zero attached hydrogens (tertiary/aromatic N) is 2. The van der Waals surface area contributed by atoms with Gasteiger partial charge in [0.05, 0.1) is 0 Å². The molecule has 0 bridgehead atoms. The van der Waals surface area contributed by atoms with E-state index < -0.39 is 0 Å². The number of anilines is 1. The van der Waals surface area contributed by atoms with E-state index >= 15 is 0 Å². The Morgan fingerprint density at radius 2 is 1.75 bits per heavy atom. The molecule has 0 aliphatic carbocycles. The van der Waals surface area contributed by atoms with Crippen LogP contribution in [0.2, 0.25) is 0 Å². The molecule has 0 unspecified atom stereocenters. The fourth-order valence-corrected chi connectivity index (χ4v) is 2.89. The first kappa shape index (κ1) is 16.3. The first-order chi connectivity index (χ1) is 11.7. The minimum atomic E-state index is 0.0711. The number of piperazine rings is 1. The quantitative estimate of drug-likeness (QED) is 0.881. The summed E-state index contributed by atoms with van der Waals surface area (Å²) in [6.07, 6.45) is 4.33. The minimum Gasteiger partial charge on any atom is -0.399 e. The lowest BCUT2D eigenvalue weighted by atomic mass is 10.1. The Hall–Kier alpha value is -2.59. The first-order valence-electron chi connectivity index (χ1n) is 8.31. The number of amides is 1. The second kappa shape index (κ2) is 7.79. The van der Waals surface area contributed by atoms with Gasteiger partial charge in [-0.05, 0) is 23.8 Å². The van der Waals surface area contributed by atoms with E-state index in [1.807, 2.05) is 35.2 Å². The van der Waals surface area contributed by atoms with Gasteiger partial charge in [-0.25, -0.2) is 0 Å². The maximum Gasteiger partial charge on any atom is 0.254 e. The van der Waals surface area contributed by atoms with Gasteiger partial charge in [0, 0.05) is 44.0 Å². The van der Waals surface area contributed by atoms with Crippen molar-refractivity contribution in [2.75, 3.05) is 38.5 Å². The van der Waals surface area contributed by atoms with Crippen LogP contribution in [0.5, 0.6) is 0 Å². The van der Waals surface area contributed by atoms with E-state index in [1.54, 1.807) is 12.1 Å². The van der Waals surface area contributed by atoms with Crippen molar-refractivity contribution >= 4 is 17.7 Å². The summed E-state index contributed by atoms with van der Waals surface area (Å²) in [5.74, 6) is 0.0711. The average molecular weight is 321 g/mol. The van der Waals surface area contributed by atoms with Gasteiger partial charge in [0.1, 0.15) is 0 Å². The zero-order valence-corrected chi connectivity index (χ0v) is 13.8. The molecule has 1 aliphatic heterocycles. The molecule has 0 atom stereocenters. The van der Waals surface area contributed by atoms with Crippen LogP contribution in [0.15, 0.2) is 60.7 Å². The Balaban J connectivity index is 1.49. The SMILES string of the molecule is Nc1cccc(C(=O)N2CCN(C/C=C/c3ccccc3)CC2)c1. The van der Waals surface area contributed by atoms with Gasteiger partial charge in [-0.15, -0.1) is 0 Å².